The van der Waals surface area contributed by atoms with Gasteiger partial charge in [-0.05, 0) is 42.8 Å². The van der Waals surface area contributed by atoms with Crippen LogP contribution in [0.2, 0.25) is 10.0 Å². The minimum atomic E-state index is -4.75. The standard InChI is InChI=1S/C14H9Cl2F4NO2S/c1-7-4-13(10(16)6-9(7)15)24(22,23)21-12-5-8(14(18,19)20)2-3-11(12)17/h2-6,21H,1H3. The molecular weight excluding hydrogens is 393 g/mol. The van der Waals surface area contributed by atoms with E-state index in [1.807, 2.05) is 0 Å². The Kier molecular flexibility index (Phi) is 5.03. The van der Waals surface area contributed by atoms with Crippen molar-refractivity contribution in [3.05, 3.63) is 57.3 Å². The Morgan fingerprint density at radius 3 is 2.25 bits per heavy atom. The maximum atomic E-state index is 13.7. The van der Waals surface area contributed by atoms with Crippen LogP contribution in [0.3, 0.4) is 0 Å². The highest BCUT2D eigenvalue weighted by atomic mass is 35.5. The molecule has 0 atom stereocenters. The fourth-order valence-corrected chi connectivity index (χ4v) is 3.71. The molecule has 0 bridgehead atoms. The van der Waals surface area contributed by atoms with Crippen molar-refractivity contribution in [1.29, 1.82) is 0 Å². The number of alkyl halides is 3. The molecule has 2 aromatic carbocycles. The van der Waals surface area contributed by atoms with Gasteiger partial charge in [-0.2, -0.15) is 13.2 Å². The number of anilines is 1. The molecule has 0 saturated heterocycles. The van der Waals surface area contributed by atoms with Gasteiger partial charge in [0.15, 0.2) is 0 Å². The number of aryl methyl sites for hydroxylation is 1. The molecule has 0 heterocycles. The molecule has 0 aliphatic rings. The molecule has 24 heavy (non-hydrogen) atoms. The van der Waals surface area contributed by atoms with Crippen LogP contribution in [-0.4, -0.2) is 8.42 Å². The SMILES string of the molecule is Cc1cc(S(=O)(=O)Nc2cc(C(F)(F)F)ccc2F)c(Cl)cc1Cl. The van der Waals surface area contributed by atoms with Gasteiger partial charge in [0.25, 0.3) is 10.0 Å². The number of sulfonamides is 1. The fraction of sp³-hybridized carbons (Fsp3) is 0.143. The van der Waals surface area contributed by atoms with Crippen LogP contribution in [-0.2, 0) is 16.2 Å². The number of hydrogen-bond acceptors (Lipinski definition) is 2. The van der Waals surface area contributed by atoms with Crippen LogP contribution in [0.5, 0.6) is 0 Å². The second-order valence-electron chi connectivity index (χ2n) is 4.83. The second-order valence-corrected chi connectivity index (χ2v) is 7.29. The summed E-state index contributed by atoms with van der Waals surface area (Å²) in [6.07, 6.45) is -4.75. The quantitative estimate of drug-likeness (QED) is 0.712. The van der Waals surface area contributed by atoms with Crippen LogP contribution < -0.4 is 4.72 Å². The van der Waals surface area contributed by atoms with Gasteiger partial charge in [0.05, 0.1) is 16.3 Å². The van der Waals surface area contributed by atoms with Crippen molar-refractivity contribution >= 4 is 38.9 Å². The number of rotatable bonds is 3. The van der Waals surface area contributed by atoms with E-state index >= 15 is 0 Å². The van der Waals surface area contributed by atoms with E-state index in [4.69, 9.17) is 23.2 Å². The Labute approximate surface area is 145 Å². The minimum absolute atomic E-state index is 0.212. The molecule has 2 aromatic rings. The van der Waals surface area contributed by atoms with Crippen molar-refractivity contribution in [3.63, 3.8) is 0 Å². The first-order valence-electron chi connectivity index (χ1n) is 6.27. The Bertz CT molecular complexity index is 898. The zero-order valence-corrected chi connectivity index (χ0v) is 14.2. The molecule has 0 saturated carbocycles. The van der Waals surface area contributed by atoms with Gasteiger partial charge in [0.2, 0.25) is 0 Å². The number of nitrogens with one attached hydrogen (secondary N) is 1. The fourth-order valence-electron chi connectivity index (χ4n) is 1.82. The normalized spacial score (nSPS) is 12.3. The second kappa shape index (κ2) is 6.42. The van der Waals surface area contributed by atoms with Gasteiger partial charge in [0.1, 0.15) is 10.7 Å². The molecule has 0 amide bonds. The van der Waals surface area contributed by atoms with E-state index in [2.05, 4.69) is 0 Å². The summed E-state index contributed by atoms with van der Waals surface area (Å²) in [5.74, 6) is -1.16. The highest BCUT2D eigenvalue weighted by Gasteiger charge is 2.32. The van der Waals surface area contributed by atoms with Crippen LogP contribution in [0, 0.1) is 12.7 Å². The topological polar surface area (TPSA) is 46.2 Å². The molecule has 0 radical (unpaired) electrons. The third-order valence-electron chi connectivity index (χ3n) is 3.04. The molecule has 1 N–H and O–H groups in total. The summed E-state index contributed by atoms with van der Waals surface area (Å²) in [4.78, 5) is -0.428. The summed E-state index contributed by atoms with van der Waals surface area (Å²) in [5.41, 5.74) is -1.65. The first-order chi connectivity index (χ1) is 10.9. The number of benzene rings is 2. The third-order valence-corrected chi connectivity index (χ3v) is 5.28. The first kappa shape index (κ1) is 18.8. The van der Waals surface area contributed by atoms with Gasteiger partial charge in [-0.3, -0.25) is 4.72 Å². The lowest BCUT2D eigenvalue weighted by molar-refractivity contribution is -0.137. The van der Waals surface area contributed by atoms with Crippen molar-refractivity contribution < 1.29 is 26.0 Å². The summed E-state index contributed by atoms with van der Waals surface area (Å²) in [6.45, 7) is 1.52. The van der Waals surface area contributed by atoms with E-state index in [0.29, 0.717) is 23.8 Å². The van der Waals surface area contributed by atoms with Crippen LogP contribution >= 0.6 is 23.2 Å². The first-order valence-corrected chi connectivity index (χ1v) is 8.51. The zero-order chi connectivity index (χ0) is 18.3. The average Bonchev–Trinajstić information content (AvgIpc) is 2.43. The predicted molar refractivity (Wildman–Crippen MR) is 83.4 cm³/mol. The Balaban J connectivity index is 2.49. The summed E-state index contributed by atoms with van der Waals surface area (Å²) in [6, 6.07) is 3.71. The molecule has 130 valence electrons. The lowest BCUT2D eigenvalue weighted by Crippen LogP contribution is -2.16. The molecule has 3 nitrogen and oxygen atoms in total. The summed E-state index contributed by atoms with van der Waals surface area (Å²) >= 11 is 11.6. The average molecular weight is 402 g/mol. The van der Waals surface area contributed by atoms with Crippen molar-refractivity contribution in [2.24, 2.45) is 0 Å². The van der Waals surface area contributed by atoms with E-state index in [-0.39, 0.29) is 10.0 Å². The van der Waals surface area contributed by atoms with E-state index in [0.717, 1.165) is 6.07 Å². The van der Waals surface area contributed by atoms with Gasteiger partial charge >= 0.3 is 6.18 Å². The van der Waals surface area contributed by atoms with Gasteiger partial charge in [-0.1, -0.05) is 23.2 Å². The van der Waals surface area contributed by atoms with Gasteiger partial charge in [-0.25, -0.2) is 12.8 Å². The Morgan fingerprint density at radius 2 is 1.67 bits per heavy atom. The Hall–Kier alpha value is -1.51. The largest absolute Gasteiger partial charge is 0.416 e. The Morgan fingerprint density at radius 1 is 1.04 bits per heavy atom. The van der Waals surface area contributed by atoms with Crippen LogP contribution in [0.4, 0.5) is 23.2 Å². The summed E-state index contributed by atoms with van der Waals surface area (Å²) in [5, 5.41) is -0.0327. The molecule has 0 spiro atoms. The van der Waals surface area contributed by atoms with E-state index in [1.54, 1.807) is 4.72 Å². The van der Waals surface area contributed by atoms with Crippen molar-refractivity contribution in [3.8, 4) is 0 Å². The monoisotopic (exact) mass is 401 g/mol. The number of hydrogen-bond donors (Lipinski definition) is 1. The molecule has 0 unspecified atom stereocenters. The molecule has 10 heteroatoms. The molecule has 2 rings (SSSR count). The maximum absolute atomic E-state index is 13.7. The summed E-state index contributed by atoms with van der Waals surface area (Å²) in [7, 11) is -4.42. The zero-order valence-electron chi connectivity index (χ0n) is 11.9. The third kappa shape index (κ3) is 3.93. The molecular formula is C14H9Cl2F4NO2S. The van der Waals surface area contributed by atoms with Gasteiger partial charge in [-0.15, -0.1) is 0 Å². The predicted octanol–water partition coefficient (Wildman–Crippen LogP) is 5.26. The highest BCUT2D eigenvalue weighted by Crippen LogP contribution is 2.34. The van der Waals surface area contributed by atoms with Crippen molar-refractivity contribution in [2.45, 2.75) is 18.0 Å². The van der Waals surface area contributed by atoms with Gasteiger partial charge in [0, 0.05) is 5.02 Å². The lowest BCUT2D eigenvalue weighted by atomic mass is 10.2. The molecule has 0 aliphatic heterocycles. The molecule has 0 aromatic heterocycles. The van der Waals surface area contributed by atoms with Crippen LogP contribution in [0.15, 0.2) is 35.2 Å². The smallest absolute Gasteiger partial charge is 0.277 e. The van der Waals surface area contributed by atoms with E-state index in [1.165, 1.54) is 13.0 Å². The number of halogens is 6. The minimum Gasteiger partial charge on any atom is -0.277 e. The molecule has 0 fully saturated rings. The van der Waals surface area contributed by atoms with Crippen molar-refractivity contribution in [2.75, 3.05) is 4.72 Å². The van der Waals surface area contributed by atoms with Crippen LogP contribution in [0.1, 0.15) is 11.1 Å². The van der Waals surface area contributed by atoms with Gasteiger partial charge < -0.3 is 0 Å². The van der Waals surface area contributed by atoms with Crippen LogP contribution in [0.25, 0.3) is 0 Å². The van der Waals surface area contributed by atoms with E-state index in [9.17, 15) is 26.0 Å². The summed E-state index contributed by atoms with van der Waals surface area (Å²) < 4.78 is 78.1. The molecule has 0 aliphatic carbocycles. The highest BCUT2D eigenvalue weighted by molar-refractivity contribution is 7.92. The van der Waals surface area contributed by atoms with E-state index < -0.39 is 38.2 Å². The lowest BCUT2D eigenvalue weighted by Gasteiger charge is -2.13. The maximum Gasteiger partial charge on any atom is 0.416 e. The van der Waals surface area contributed by atoms with Crippen molar-refractivity contribution in [1.82, 2.24) is 0 Å².